The van der Waals surface area contributed by atoms with Gasteiger partial charge in [-0.2, -0.15) is 0 Å². The molecule has 0 amide bonds. The van der Waals surface area contributed by atoms with Crippen LogP contribution in [0.2, 0.25) is 0 Å². The molecule has 5 nitrogen and oxygen atoms in total. The summed E-state index contributed by atoms with van der Waals surface area (Å²) in [6.45, 7) is 2.14. The first-order chi connectivity index (χ1) is 10.5. The summed E-state index contributed by atoms with van der Waals surface area (Å²) in [5.74, 6) is -0.409. The van der Waals surface area contributed by atoms with E-state index in [-0.39, 0.29) is 6.54 Å². The van der Waals surface area contributed by atoms with Crippen molar-refractivity contribution in [2.24, 2.45) is 0 Å². The number of hydrogen-bond acceptors (Lipinski definition) is 3. The van der Waals surface area contributed by atoms with E-state index in [9.17, 15) is 13.6 Å². The zero-order chi connectivity index (χ0) is 16.1. The van der Waals surface area contributed by atoms with Gasteiger partial charge < -0.3 is 4.74 Å². The minimum absolute atomic E-state index is 0.259. The van der Waals surface area contributed by atoms with E-state index in [0.717, 1.165) is 11.1 Å². The van der Waals surface area contributed by atoms with E-state index in [4.69, 9.17) is 0 Å². The molecule has 2 aromatic carbocycles. The first-order valence-electron chi connectivity index (χ1n) is 6.64. The van der Waals surface area contributed by atoms with Gasteiger partial charge in [-0.25, -0.2) is 9.00 Å². The molecule has 1 N–H and O–H groups in total. The van der Waals surface area contributed by atoms with Crippen LogP contribution in [0, 0.1) is 6.92 Å². The minimum Gasteiger partial charge on any atom is -0.465 e. The lowest BCUT2D eigenvalue weighted by molar-refractivity contribution is 0.0600. The van der Waals surface area contributed by atoms with Crippen molar-refractivity contribution >= 4 is 22.9 Å². The molecule has 0 aliphatic rings. The maximum atomic E-state index is 11.6. The Morgan fingerprint density at radius 1 is 1.18 bits per heavy atom. The van der Waals surface area contributed by atoms with Gasteiger partial charge in [-0.05, 0) is 36.2 Å². The second-order valence-electron chi connectivity index (χ2n) is 4.74. The third-order valence-corrected chi connectivity index (χ3v) is 3.98. The van der Waals surface area contributed by atoms with Crippen LogP contribution in [0.1, 0.15) is 21.5 Å². The standard InChI is InChI=1S/C16H17NO4S/c1-12-5-3-4-6-15(12)17(22(19)20)11-13-7-9-14(10-8-13)16(18)21-2/h3-10H,11H2,1-2H3,(H,19,20). The van der Waals surface area contributed by atoms with Crippen molar-refractivity contribution in [2.75, 3.05) is 11.4 Å². The number of carbonyl (C=O) groups is 1. The van der Waals surface area contributed by atoms with E-state index in [1.807, 2.05) is 25.1 Å². The van der Waals surface area contributed by atoms with Crippen LogP contribution in [0.4, 0.5) is 5.69 Å². The molecule has 0 saturated heterocycles. The average molecular weight is 319 g/mol. The summed E-state index contributed by atoms with van der Waals surface area (Å²) in [4.78, 5) is 11.4. The van der Waals surface area contributed by atoms with E-state index in [2.05, 4.69) is 4.74 Å². The number of methoxy groups -OCH3 is 1. The Morgan fingerprint density at radius 3 is 2.36 bits per heavy atom. The van der Waals surface area contributed by atoms with Gasteiger partial charge in [0.2, 0.25) is 0 Å². The third-order valence-electron chi connectivity index (χ3n) is 3.27. The van der Waals surface area contributed by atoms with Crippen molar-refractivity contribution in [3.8, 4) is 0 Å². The highest BCUT2D eigenvalue weighted by atomic mass is 32.2. The van der Waals surface area contributed by atoms with Crippen LogP contribution in [0.3, 0.4) is 0 Å². The highest BCUT2D eigenvalue weighted by Gasteiger charge is 2.15. The van der Waals surface area contributed by atoms with Gasteiger partial charge in [0.25, 0.3) is 11.3 Å². The monoisotopic (exact) mass is 319 g/mol. The first-order valence-corrected chi connectivity index (χ1v) is 7.70. The number of ether oxygens (including phenoxy) is 1. The molecule has 0 aromatic heterocycles. The number of para-hydroxylation sites is 1. The normalized spacial score (nSPS) is 11.8. The highest BCUT2D eigenvalue weighted by molar-refractivity contribution is 7.80. The zero-order valence-corrected chi connectivity index (χ0v) is 13.2. The van der Waals surface area contributed by atoms with Crippen molar-refractivity contribution in [1.82, 2.24) is 0 Å². The van der Waals surface area contributed by atoms with Gasteiger partial charge in [0.05, 0.1) is 24.9 Å². The van der Waals surface area contributed by atoms with Crippen LogP contribution in [0.15, 0.2) is 48.5 Å². The largest absolute Gasteiger partial charge is 0.465 e. The number of rotatable bonds is 5. The molecule has 0 fully saturated rings. The minimum atomic E-state index is -2.14. The molecule has 0 heterocycles. The van der Waals surface area contributed by atoms with E-state index in [1.54, 1.807) is 30.3 Å². The van der Waals surface area contributed by atoms with Crippen LogP contribution < -0.4 is 4.31 Å². The average Bonchev–Trinajstić information content (AvgIpc) is 2.53. The van der Waals surface area contributed by atoms with Crippen molar-refractivity contribution in [1.29, 1.82) is 0 Å². The SMILES string of the molecule is COC(=O)c1ccc(CN(c2ccccc2C)S(=O)O)cc1. The summed E-state index contributed by atoms with van der Waals surface area (Å²) in [5, 5.41) is 0. The Morgan fingerprint density at radius 2 is 1.82 bits per heavy atom. The summed E-state index contributed by atoms with van der Waals surface area (Å²) >= 11 is -2.14. The fraction of sp³-hybridized carbons (Fsp3) is 0.188. The Labute approximate surface area is 131 Å². The fourth-order valence-electron chi connectivity index (χ4n) is 2.10. The number of benzene rings is 2. The second-order valence-corrected chi connectivity index (χ2v) is 5.64. The number of carbonyl (C=O) groups excluding carboxylic acids is 1. The molecule has 0 aliphatic heterocycles. The molecule has 1 unspecified atom stereocenters. The first kappa shape index (κ1) is 16.2. The lowest BCUT2D eigenvalue weighted by atomic mass is 10.1. The van der Waals surface area contributed by atoms with Crippen molar-refractivity contribution < 1.29 is 18.3 Å². The predicted molar refractivity (Wildman–Crippen MR) is 85.9 cm³/mol. The van der Waals surface area contributed by atoms with Gasteiger partial charge in [0, 0.05) is 0 Å². The molecular formula is C16H17NO4S. The molecule has 0 radical (unpaired) electrons. The molecule has 0 aliphatic carbocycles. The molecule has 2 aromatic rings. The third kappa shape index (κ3) is 3.72. The second kappa shape index (κ2) is 7.20. The number of aryl methyl sites for hydroxylation is 1. The van der Waals surface area contributed by atoms with E-state index >= 15 is 0 Å². The zero-order valence-electron chi connectivity index (χ0n) is 12.4. The summed E-state index contributed by atoms with van der Waals surface area (Å²) in [6.07, 6.45) is 0. The van der Waals surface area contributed by atoms with Crippen LogP contribution in [-0.4, -0.2) is 21.8 Å². The van der Waals surface area contributed by atoms with Gasteiger partial charge in [0.1, 0.15) is 0 Å². The number of hydrogen-bond donors (Lipinski definition) is 1. The molecule has 0 bridgehead atoms. The van der Waals surface area contributed by atoms with Crippen LogP contribution in [0.25, 0.3) is 0 Å². The highest BCUT2D eigenvalue weighted by Crippen LogP contribution is 2.23. The van der Waals surface area contributed by atoms with Crippen LogP contribution in [0.5, 0.6) is 0 Å². The van der Waals surface area contributed by atoms with Gasteiger partial charge in [-0.15, -0.1) is 0 Å². The molecule has 0 saturated carbocycles. The number of nitrogens with zero attached hydrogens (tertiary/aromatic N) is 1. The Hall–Kier alpha value is -2.18. The Balaban J connectivity index is 2.24. The summed E-state index contributed by atoms with van der Waals surface area (Å²) in [7, 11) is 1.32. The Bertz CT molecular complexity index is 685. The lowest BCUT2D eigenvalue weighted by Crippen LogP contribution is -2.25. The van der Waals surface area contributed by atoms with E-state index in [0.29, 0.717) is 11.3 Å². The van der Waals surface area contributed by atoms with Gasteiger partial charge in [-0.1, -0.05) is 30.3 Å². The van der Waals surface area contributed by atoms with Crippen LogP contribution >= 0.6 is 0 Å². The van der Waals surface area contributed by atoms with Crippen molar-refractivity contribution in [3.63, 3.8) is 0 Å². The van der Waals surface area contributed by atoms with E-state index in [1.165, 1.54) is 11.4 Å². The van der Waals surface area contributed by atoms with E-state index < -0.39 is 17.2 Å². The van der Waals surface area contributed by atoms with Crippen LogP contribution in [-0.2, 0) is 22.5 Å². The number of anilines is 1. The molecule has 22 heavy (non-hydrogen) atoms. The van der Waals surface area contributed by atoms with Gasteiger partial charge >= 0.3 is 5.97 Å². The maximum absolute atomic E-state index is 11.6. The molecular weight excluding hydrogens is 302 g/mol. The maximum Gasteiger partial charge on any atom is 0.337 e. The molecule has 6 heteroatoms. The Kier molecular flexibility index (Phi) is 5.30. The van der Waals surface area contributed by atoms with Gasteiger partial charge in [0.15, 0.2) is 0 Å². The smallest absolute Gasteiger partial charge is 0.337 e. The molecule has 116 valence electrons. The molecule has 2 rings (SSSR count). The van der Waals surface area contributed by atoms with Crippen molar-refractivity contribution in [3.05, 3.63) is 65.2 Å². The topological polar surface area (TPSA) is 66.8 Å². The van der Waals surface area contributed by atoms with Gasteiger partial charge in [-0.3, -0.25) is 8.86 Å². The van der Waals surface area contributed by atoms with Crippen molar-refractivity contribution in [2.45, 2.75) is 13.5 Å². The summed E-state index contributed by atoms with van der Waals surface area (Å²) < 4.78 is 27.2. The predicted octanol–water partition coefficient (Wildman–Crippen LogP) is 2.92. The summed E-state index contributed by atoms with van der Waals surface area (Å²) in [5.41, 5.74) is 2.87. The summed E-state index contributed by atoms with van der Waals surface area (Å²) in [6, 6.07) is 14.1. The fourth-order valence-corrected chi connectivity index (χ4v) is 2.73. The quantitative estimate of drug-likeness (QED) is 0.680. The molecule has 1 atom stereocenters. The number of esters is 1. The lowest BCUT2D eigenvalue weighted by Gasteiger charge is -2.22. The molecule has 0 spiro atoms.